The molecule has 3 heteroatoms. The minimum absolute atomic E-state index is 1.13. The van der Waals surface area contributed by atoms with Gasteiger partial charge < -0.3 is 0 Å². The van der Waals surface area contributed by atoms with Gasteiger partial charge in [-0.15, -0.1) is 0 Å². The van der Waals surface area contributed by atoms with E-state index in [0.29, 0.717) is 0 Å². The van der Waals surface area contributed by atoms with Crippen molar-refractivity contribution in [3.8, 4) is 6.07 Å². The number of halogens is 1. The van der Waals surface area contributed by atoms with Crippen LogP contribution in [0.15, 0.2) is 41.4 Å². The minimum atomic E-state index is 1.13. The Labute approximate surface area is 89.0 Å². The van der Waals surface area contributed by atoms with E-state index < -0.39 is 0 Å². The van der Waals surface area contributed by atoms with Crippen molar-refractivity contribution in [2.24, 2.45) is 0 Å². The zero-order chi connectivity index (χ0) is 9.40. The molecule has 0 bridgehead atoms. The predicted octanol–water partition coefficient (Wildman–Crippen LogP) is 1.67. The van der Waals surface area contributed by atoms with Crippen molar-refractivity contribution in [1.82, 2.24) is 0 Å². The van der Waals surface area contributed by atoms with Gasteiger partial charge >= 0.3 is 65.1 Å². The van der Waals surface area contributed by atoms with E-state index in [1.165, 1.54) is 10.5 Å². The molecule has 0 aromatic heterocycles. The van der Waals surface area contributed by atoms with Crippen LogP contribution in [0.3, 0.4) is 0 Å². The van der Waals surface area contributed by atoms with Gasteiger partial charge in [0, 0.05) is 6.08 Å². The van der Waals surface area contributed by atoms with Gasteiger partial charge in [-0.25, -0.2) is 0 Å². The molecule has 1 aromatic carbocycles. The van der Waals surface area contributed by atoms with Crippen LogP contribution in [0.2, 0.25) is 0 Å². The second kappa shape index (κ2) is 7.12. The molecule has 62 valence electrons. The molecule has 0 saturated heterocycles. The van der Waals surface area contributed by atoms with Crippen molar-refractivity contribution < 1.29 is 0 Å². The van der Waals surface area contributed by atoms with Gasteiger partial charge in [-0.2, -0.15) is 5.26 Å². The fraction of sp³-hybridized carbons (Fsp3) is 0. The van der Waals surface area contributed by atoms with Gasteiger partial charge in [0.25, 0.3) is 0 Å². The Bertz CT molecular complexity index is 274. The van der Waals surface area contributed by atoms with Crippen LogP contribution in [0.5, 0.6) is 0 Å². The van der Waals surface area contributed by atoms with Crippen LogP contribution < -0.4 is 4.46 Å². The number of hydrogen-bond acceptors (Lipinski definition) is 1. The summed E-state index contributed by atoms with van der Waals surface area (Å²) in [6, 6.07) is 9.82. The molecule has 1 rings (SSSR count). The molecule has 0 fully saturated rings. The second-order valence-corrected chi connectivity index (χ2v) is 3.81. The number of nitriles is 1. The number of allylic oxidation sites excluding steroid dienone is 1. The molecule has 0 unspecified atom stereocenters. The Hall–Kier alpha value is -0.551. The summed E-state index contributed by atoms with van der Waals surface area (Å²) in [7, 11) is 0. The van der Waals surface area contributed by atoms with Crippen molar-refractivity contribution in [1.29, 1.82) is 5.26 Å². The van der Waals surface area contributed by atoms with E-state index in [-0.39, 0.29) is 0 Å². The van der Waals surface area contributed by atoms with Gasteiger partial charge in [-0.3, -0.25) is 0 Å². The zero-order valence-electron chi connectivity index (χ0n) is 6.37. The fourth-order valence-electron chi connectivity index (χ4n) is 0.476. The van der Waals surface area contributed by atoms with Gasteiger partial charge in [0.05, 0.1) is 6.07 Å². The zero-order valence-corrected chi connectivity index (χ0v) is 9.83. The van der Waals surface area contributed by atoms with Crippen molar-refractivity contribution in [2.75, 3.05) is 0 Å². The summed E-state index contributed by atoms with van der Waals surface area (Å²) in [5.74, 6) is 0. The monoisotopic (exact) mass is 289 g/mol. The van der Waals surface area contributed by atoms with Crippen LogP contribution in [0, 0.1) is 11.3 Å². The molecule has 0 atom stereocenters. The number of hydrogen-bond donors (Lipinski definition) is 0. The predicted molar refractivity (Wildman–Crippen MR) is 56.7 cm³/mol. The Balaban J connectivity index is 0.000000261. The van der Waals surface area contributed by atoms with E-state index in [4.69, 9.17) is 5.26 Å². The first kappa shape index (κ1) is 11.4. The molecule has 1 aromatic rings. The normalized spacial score (nSPS) is 7.42. The van der Waals surface area contributed by atoms with Crippen LogP contribution in [0.4, 0.5) is 0 Å². The van der Waals surface area contributed by atoms with Crippen molar-refractivity contribution >= 4 is 36.4 Å². The van der Waals surface area contributed by atoms with Crippen LogP contribution in [0.1, 0.15) is 0 Å². The van der Waals surface area contributed by atoms with Gasteiger partial charge in [-0.05, 0) is 0 Å². The van der Waals surface area contributed by atoms with E-state index in [1.54, 1.807) is 6.07 Å². The molecule has 0 saturated carbocycles. The first-order valence-electron chi connectivity index (χ1n) is 3.15. The van der Waals surface area contributed by atoms with Crippen molar-refractivity contribution in [3.63, 3.8) is 0 Å². The third kappa shape index (κ3) is 6.18. The van der Waals surface area contributed by atoms with E-state index in [2.05, 4.69) is 44.6 Å². The van der Waals surface area contributed by atoms with Crippen LogP contribution in [-0.2, 0) is 0 Å². The summed E-state index contributed by atoms with van der Waals surface area (Å²) in [6.07, 6.45) is 1.18. The first-order valence-corrected chi connectivity index (χ1v) is 4.89. The molecule has 0 radical (unpaired) electrons. The van der Waals surface area contributed by atoms with Crippen LogP contribution in [-0.4, -0.2) is 16.0 Å². The van der Waals surface area contributed by atoms with Gasteiger partial charge in [-0.1, -0.05) is 6.58 Å². The van der Waals surface area contributed by atoms with Gasteiger partial charge in [0.2, 0.25) is 0 Å². The Morgan fingerprint density at radius 3 is 2.42 bits per heavy atom. The third-order valence-electron chi connectivity index (χ3n) is 0.899. The Kier molecular flexibility index (Phi) is 6.79. The topological polar surface area (TPSA) is 23.8 Å². The van der Waals surface area contributed by atoms with E-state index in [0.717, 1.165) is 4.47 Å². The Morgan fingerprint density at radius 1 is 1.58 bits per heavy atom. The molecule has 12 heavy (non-hydrogen) atoms. The second-order valence-electron chi connectivity index (χ2n) is 1.81. The van der Waals surface area contributed by atoms with Crippen molar-refractivity contribution in [2.45, 2.75) is 0 Å². The standard InChI is InChI=1S/C6H5BrSe.C3H3N/c7-5-2-1-3-6(8)4-5;1-2-3-4/h1-4,8H;2H,1H2. The molecule has 0 aliphatic carbocycles. The molecule has 0 heterocycles. The summed E-state index contributed by atoms with van der Waals surface area (Å²) in [6.45, 7) is 3.12. The SMILES string of the molecule is C=CC#N.[SeH]c1cccc(Br)c1. The molecule has 1 nitrogen and oxygen atoms in total. The molecule has 0 spiro atoms. The molecule has 0 amide bonds. The average molecular weight is 289 g/mol. The molecular formula is C9H8BrNSe. The summed E-state index contributed by atoms with van der Waals surface area (Å²) in [5.41, 5.74) is 0. The van der Waals surface area contributed by atoms with Crippen molar-refractivity contribution in [3.05, 3.63) is 41.4 Å². The van der Waals surface area contributed by atoms with E-state index >= 15 is 0 Å². The third-order valence-corrected chi connectivity index (χ3v) is 1.98. The molecule has 0 aliphatic heterocycles. The average Bonchev–Trinajstić information content (AvgIpc) is 2.04. The molecule has 0 aliphatic rings. The van der Waals surface area contributed by atoms with E-state index in [1.807, 2.05) is 18.2 Å². The maximum atomic E-state index is 7.51. The summed E-state index contributed by atoms with van der Waals surface area (Å²) < 4.78 is 2.36. The number of nitrogens with zero attached hydrogens (tertiary/aromatic N) is 1. The number of benzene rings is 1. The van der Waals surface area contributed by atoms with Crippen LogP contribution >= 0.6 is 15.9 Å². The van der Waals surface area contributed by atoms with E-state index in [9.17, 15) is 0 Å². The quantitative estimate of drug-likeness (QED) is 0.526. The summed E-state index contributed by atoms with van der Waals surface area (Å²) in [5, 5.41) is 7.51. The Morgan fingerprint density at radius 2 is 2.17 bits per heavy atom. The fourth-order valence-corrected chi connectivity index (χ4v) is 1.73. The van der Waals surface area contributed by atoms with Gasteiger partial charge in [0.15, 0.2) is 0 Å². The van der Waals surface area contributed by atoms with Gasteiger partial charge in [0.1, 0.15) is 0 Å². The number of rotatable bonds is 0. The molecular weight excluding hydrogens is 281 g/mol. The molecule has 0 N–H and O–H groups in total. The first-order chi connectivity index (χ1) is 5.70. The summed E-state index contributed by atoms with van der Waals surface area (Å²) in [4.78, 5) is 0. The summed E-state index contributed by atoms with van der Waals surface area (Å²) >= 11 is 5.85. The maximum absolute atomic E-state index is 7.51. The van der Waals surface area contributed by atoms with Crippen LogP contribution in [0.25, 0.3) is 0 Å².